The van der Waals surface area contributed by atoms with E-state index >= 15 is 0 Å². The Balaban J connectivity index is 2.26. The van der Waals surface area contributed by atoms with Gasteiger partial charge < -0.3 is 4.74 Å². The molecule has 1 fully saturated rings. The molecule has 114 valence electrons. The Morgan fingerprint density at radius 3 is 2.50 bits per heavy atom. The smallest absolute Gasteiger partial charge is 0.345 e. The number of benzene rings is 1. The number of carbonyl (C=O) groups excluding carboxylic acids is 1. The Morgan fingerprint density at radius 1 is 1.23 bits per heavy atom. The highest BCUT2D eigenvalue weighted by Gasteiger charge is 2.28. The van der Waals surface area contributed by atoms with Crippen LogP contribution < -0.4 is 11.2 Å². The zero-order chi connectivity index (χ0) is 15.7. The maximum atomic E-state index is 12.6. The molecule has 0 bridgehead atoms. The van der Waals surface area contributed by atoms with Crippen LogP contribution >= 0.6 is 0 Å². The molecule has 1 aromatic heterocycles. The van der Waals surface area contributed by atoms with Gasteiger partial charge in [0.15, 0.2) is 0 Å². The van der Waals surface area contributed by atoms with E-state index < -0.39 is 17.2 Å². The quantitative estimate of drug-likeness (QED) is 0.803. The minimum atomic E-state index is -0.702. The van der Waals surface area contributed by atoms with Crippen molar-refractivity contribution in [1.29, 1.82) is 0 Å². The Morgan fingerprint density at radius 2 is 1.91 bits per heavy atom. The molecule has 1 aromatic carbocycles. The Hall–Kier alpha value is -2.63. The summed E-state index contributed by atoms with van der Waals surface area (Å²) in [6, 6.07) is 8.64. The first-order valence-corrected chi connectivity index (χ1v) is 7.24. The van der Waals surface area contributed by atoms with E-state index in [1.807, 2.05) is 0 Å². The van der Waals surface area contributed by atoms with Crippen molar-refractivity contribution >= 4 is 5.97 Å². The molecular weight excluding hydrogens is 284 g/mol. The number of hydrogen-bond acceptors (Lipinski definition) is 4. The van der Waals surface area contributed by atoms with Crippen LogP contribution in [0.25, 0.3) is 5.69 Å². The average molecular weight is 300 g/mol. The molecule has 6 heteroatoms. The van der Waals surface area contributed by atoms with E-state index in [0.717, 1.165) is 17.4 Å². The van der Waals surface area contributed by atoms with Crippen molar-refractivity contribution in [3.63, 3.8) is 0 Å². The number of esters is 1. The number of ether oxygens (including phenoxy) is 1. The zero-order valence-corrected chi connectivity index (χ0v) is 12.2. The summed E-state index contributed by atoms with van der Waals surface area (Å²) in [5.74, 6) is -0.702. The standard InChI is InChI=1S/C16H16N2O4/c1-2-22-15(20)13-10-17(11-8-9-11)16(21)18(14(13)19)12-6-4-3-5-7-12/h3-7,10-11H,2,8-9H2,1H3. The Kier molecular flexibility index (Phi) is 3.66. The van der Waals surface area contributed by atoms with E-state index in [1.165, 1.54) is 10.8 Å². The van der Waals surface area contributed by atoms with Crippen LogP contribution in [0, 0.1) is 0 Å². The van der Waals surface area contributed by atoms with Gasteiger partial charge in [-0.05, 0) is 31.9 Å². The van der Waals surface area contributed by atoms with Gasteiger partial charge in [-0.3, -0.25) is 9.36 Å². The number of carbonyl (C=O) groups is 1. The molecule has 0 atom stereocenters. The summed E-state index contributed by atoms with van der Waals surface area (Å²) < 4.78 is 7.42. The fourth-order valence-corrected chi connectivity index (χ4v) is 2.34. The first kappa shape index (κ1) is 14.3. The summed E-state index contributed by atoms with van der Waals surface area (Å²) in [6.45, 7) is 1.84. The maximum Gasteiger partial charge on any atom is 0.345 e. The Bertz CT molecular complexity index is 816. The highest BCUT2D eigenvalue weighted by Crippen LogP contribution is 2.33. The summed E-state index contributed by atoms with van der Waals surface area (Å²) in [6.07, 6.45) is 3.07. The van der Waals surface area contributed by atoms with Crippen LogP contribution in [0.15, 0.2) is 46.1 Å². The first-order chi connectivity index (χ1) is 10.6. The third kappa shape index (κ3) is 2.47. The normalized spacial score (nSPS) is 13.9. The summed E-state index contributed by atoms with van der Waals surface area (Å²) in [5.41, 5.74) is -0.742. The van der Waals surface area contributed by atoms with Crippen LogP contribution in [-0.2, 0) is 4.74 Å². The molecule has 2 aromatic rings. The molecule has 6 nitrogen and oxygen atoms in total. The third-order valence-electron chi connectivity index (χ3n) is 3.56. The van der Waals surface area contributed by atoms with Crippen molar-refractivity contribution in [2.24, 2.45) is 0 Å². The van der Waals surface area contributed by atoms with Gasteiger partial charge in [0.05, 0.1) is 12.3 Å². The van der Waals surface area contributed by atoms with Gasteiger partial charge in [-0.1, -0.05) is 18.2 Å². The molecule has 1 aliphatic rings. The van der Waals surface area contributed by atoms with Gasteiger partial charge in [-0.25, -0.2) is 14.2 Å². The predicted octanol–water partition coefficient (Wildman–Crippen LogP) is 1.51. The Labute approximate surface area is 126 Å². The fraction of sp³-hybridized carbons (Fsp3) is 0.312. The molecule has 0 amide bonds. The van der Waals surface area contributed by atoms with Crippen molar-refractivity contribution in [2.45, 2.75) is 25.8 Å². The molecular formula is C16H16N2O4. The molecule has 0 radical (unpaired) electrons. The van der Waals surface area contributed by atoms with E-state index in [-0.39, 0.29) is 18.2 Å². The molecule has 0 aliphatic heterocycles. The van der Waals surface area contributed by atoms with Crippen molar-refractivity contribution in [3.8, 4) is 5.69 Å². The number of rotatable bonds is 4. The van der Waals surface area contributed by atoms with Crippen LogP contribution in [0.1, 0.15) is 36.2 Å². The molecule has 0 unspecified atom stereocenters. The van der Waals surface area contributed by atoms with Crippen LogP contribution in [0.5, 0.6) is 0 Å². The number of para-hydroxylation sites is 1. The SMILES string of the molecule is CCOC(=O)c1cn(C2CC2)c(=O)n(-c2ccccc2)c1=O. The molecule has 0 spiro atoms. The van der Waals surface area contributed by atoms with Crippen LogP contribution in [-0.4, -0.2) is 21.7 Å². The minimum absolute atomic E-state index is 0.0521. The summed E-state index contributed by atoms with van der Waals surface area (Å²) >= 11 is 0. The summed E-state index contributed by atoms with van der Waals surface area (Å²) in [7, 11) is 0. The zero-order valence-electron chi connectivity index (χ0n) is 12.2. The number of nitrogens with zero attached hydrogens (tertiary/aromatic N) is 2. The lowest BCUT2D eigenvalue weighted by Crippen LogP contribution is -2.41. The largest absolute Gasteiger partial charge is 0.462 e. The highest BCUT2D eigenvalue weighted by molar-refractivity contribution is 5.88. The topological polar surface area (TPSA) is 70.3 Å². The number of hydrogen-bond donors (Lipinski definition) is 0. The van der Waals surface area contributed by atoms with Gasteiger partial charge in [0.2, 0.25) is 0 Å². The van der Waals surface area contributed by atoms with Crippen molar-refractivity contribution in [1.82, 2.24) is 9.13 Å². The second kappa shape index (κ2) is 5.63. The van der Waals surface area contributed by atoms with E-state index in [2.05, 4.69) is 0 Å². The lowest BCUT2D eigenvalue weighted by molar-refractivity contribution is 0.0522. The molecule has 0 saturated heterocycles. The average Bonchev–Trinajstić information content (AvgIpc) is 3.33. The second-order valence-electron chi connectivity index (χ2n) is 5.16. The van der Waals surface area contributed by atoms with Crippen LogP contribution in [0.4, 0.5) is 0 Å². The minimum Gasteiger partial charge on any atom is -0.462 e. The van der Waals surface area contributed by atoms with Crippen molar-refractivity contribution in [3.05, 3.63) is 62.9 Å². The molecule has 0 N–H and O–H groups in total. The van der Waals surface area contributed by atoms with Crippen molar-refractivity contribution in [2.75, 3.05) is 6.61 Å². The van der Waals surface area contributed by atoms with Gasteiger partial charge in [0.25, 0.3) is 5.56 Å². The lowest BCUT2D eigenvalue weighted by Gasteiger charge is -2.12. The summed E-state index contributed by atoms with van der Waals surface area (Å²) in [4.78, 5) is 37.1. The van der Waals surface area contributed by atoms with Crippen LogP contribution in [0.2, 0.25) is 0 Å². The molecule has 1 aliphatic carbocycles. The molecule has 3 rings (SSSR count). The maximum absolute atomic E-state index is 12.6. The first-order valence-electron chi connectivity index (χ1n) is 7.24. The van der Waals surface area contributed by atoms with Gasteiger partial charge in [0.1, 0.15) is 5.56 Å². The van der Waals surface area contributed by atoms with Crippen LogP contribution in [0.3, 0.4) is 0 Å². The third-order valence-corrected chi connectivity index (χ3v) is 3.56. The number of aromatic nitrogens is 2. The summed E-state index contributed by atoms with van der Waals surface area (Å²) in [5, 5.41) is 0. The van der Waals surface area contributed by atoms with E-state index in [1.54, 1.807) is 37.3 Å². The van der Waals surface area contributed by atoms with Crippen molar-refractivity contribution < 1.29 is 9.53 Å². The molecule has 1 saturated carbocycles. The molecule has 22 heavy (non-hydrogen) atoms. The highest BCUT2D eigenvalue weighted by atomic mass is 16.5. The molecule has 1 heterocycles. The fourth-order valence-electron chi connectivity index (χ4n) is 2.34. The van der Waals surface area contributed by atoms with E-state index in [9.17, 15) is 14.4 Å². The lowest BCUT2D eigenvalue weighted by atomic mass is 10.3. The monoisotopic (exact) mass is 300 g/mol. The van der Waals surface area contributed by atoms with Gasteiger partial charge in [-0.2, -0.15) is 0 Å². The van der Waals surface area contributed by atoms with E-state index in [0.29, 0.717) is 5.69 Å². The predicted molar refractivity (Wildman–Crippen MR) is 80.5 cm³/mol. The van der Waals surface area contributed by atoms with E-state index in [4.69, 9.17) is 4.74 Å². The van der Waals surface area contributed by atoms with Gasteiger partial charge in [-0.15, -0.1) is 0 Å². The second-order valence-corrected chi connectivity index (χ2v) is 5.16. The van der Waals surface area contributed by atoms with Gasteiger partial charge >= 0.3 is 11.7 Å². The van der Waals surface area contributed by atoms with Gasteiger partial charge in [0, 0.05) is 12.2 Å².